The Bertz CT molecular complexity index is 715. The average molecular weight is 355 g/mol. The molecule has 1 aromatic heterocycles. The van der Waals surface area contributed by atoms with Crippen molar-refractivity contribution in [3.05, 3.63) is 48.5 Å². The molecule has 6 nitrogen and oxygen atoms in total. The Hall–Kier alpha value is -2.34. The highest BCUT2D eigenvalue weighted by Gasteiger charge is 2.37. The fourth-order valence-electron chi connectivity index (χ4n) is 4.13. The second-order valence-electron chi connectivity index (χ2n) is 7.40. The number of nitrogens with two attached hydrogens (primary N) is 1. The zero-order valence-corrected chi connectivity index (χ0v) is 15.7. The molecule has 1 atom stereocenters. The number of allylic oxidation sites excluding steroid dienone is 2. The minimum atomic E-state index is 0.214. The Morgan fingerprint density at radius 3 is 2.81 bits per heavy atom. The summed E-state index contributed by atoms with van der Waals surface area (Å²) in [5, 5.41) is 11.7. The summed E-state index contributed by atoms with van der Waals surface area (Å²) in [6.45, 7) is 11.7. The van der Waals surface area contributed by atoms with Crippen molar-refractivity contribution in [1.29, 1.82) is 0 Å². The van der Waals surface area contributed by atoms with Crippen LogP contribution in [0.5, 0.6) is 0 Å². The molecule has 2 fully saturated rings. The maximum atomic E-state index is 5.36. The molecule has 0 aromatic carbocycles. The highest BCUT2D eigenvalue weighted by Crippen LogP contribution is 2.34. The Labute approximate surface area is 156 Å². The van der Waals surface area contributed by atoms with Gasteiger partial charge in [-0.15, -0.1) is 0 Å². The smallest absolute Gasteiger partial charge is 0.0568 e. The van der Waals surface area contributed by atoms with Crippen LogP contribution in [-0.4, -0.2) is 46.1 Å². The number of piperidine rings is 2. The SMILES string of the molecule is C=C(C(=C)c1cnn(C)c1)/C(=C\C=N/N)N1CCCC2(CCCCN2)C1. The maximum absolute atomic E-state index is 5.36. The highest BCUT2D eigenvalue weighted by atomic mass is 15.2. The first kappa shape index (κ1) is 18.5. The lowest BCUT2D eigenvalue weighted by molar-refractivity contribution is 0.125. The molecule has 2 aliphatic rings. The van der Waals surface area contributed by atoms with Crippen LogP contribution in [0.4, 0.5) is 0 Å². The molecule has 6 heteroatoms. The van der Waals surface area contributed by atoms with Gasteiger partial charge in [-0.25, -0.2) is 0 Å². The third-order valence-corrected chi connectivity index (χ3v) is 5.54. The van der Waals surface area contributed by atoms with Gasteiger partial charge in [-0.3, -0.25) is 4.68 Å². The number of nitrogens with zero attached hydrogens (tertiary/aromatic N) is 4. The first-order valence-corrected chi connectivity index (χ1v) is 9.36. The van der Waals surface area contributed by atoms with Crippen LogP contribution in [-0.2, 0) is 7.05 Å². The molecular weight excluding hydrogens is 324 g/mol. The monoisotopic (exact) mass is 354 g/mol. The van der Waals surface area contributed by atoms with Crippen LogP contribution in [0.3, 0.4) is 0 Å². The van der Waals surface area contributed by atoms with Crippen LogP contribution in [0, 0.1) is 0 Å². The van der Waals surface area contributed by atoms with Crippen LogP contribution >= 0.6 is 0 Å². The largest absolute Gasteiger partial charge is 0.369 e. The summed E-state index contributed by atoms with van der Waals surface area (Å²) >= 11 is 0. The molecule has 0 bridgehead atoms. The lowest BCUT2D eigenvalue weighted by Gasteiger charge is -2.47. The predicted molar refractivity (Wildman–Crippen MR) is 108 cm³/mol. The van der Waals surface area contributed by atoms with Gasteiger partial charge in [0.05, 0.1) is 6.20 Å². The first-order chi connectivity index (χ1) is 12.5. The molecule has 2 aliphatic heterocycles. The Balaban J connectivity index is 1.83. The van der Waals surface area contributed by atoms with Crippen LogP contribution in [0.25, 0.3) is 5.57 Å². The van der Waals surface area contributed by atoms with E-state index in [1.807, 2.05) is 25.5 Å². The van der Waals surface area contributed by atoms with Gasteiger partial charge in [0.1, 0.15) is 0 Å². The summed E-state index contributed by atoms with van der Waals surface area (Å²) in [7, 11) is 1.90. The average Bonchev–Trinajstić information content (AvgIpc) is 3.08. The summed E-state index contributed by atoms with van der Waals surface area (Å²) in [6.07, 6.45) is 13.6. The fraction of sp³-hybridized carbons (Fsp3) is 0.500. The molecule has 2 saturated heterocycles. The van der Waals surface area contributed by atoms with Crippen molar-refractivity contribution < 1.29 is 0 Å². The van der Waals surface area contributed by atoms with Crippen LogP contribution in [0.2, 0.25) is 0 Å². The van der Waals surface area contributed by atoms with Crippen molar-refractivity contribution in [3.63, 3.8) is 0 Å². The van der Waals surface area contributed by atoms with Gasteiger partial charge in [0.2, 0.25) is 0 Å². The number of hydrazone groups is 1. The van der Waals surface area contributed by atoms with Crippen molar-refractivity contribution >= 4 is 11.8 Å². The Morgan fingerprint density at radius 1 is 1.35 bits per heavy atom. The number of hydrogen-bond donors (Lipinski definition) is 2. The van der Waals surface area contributed by atoms with Gasteiger partial charge in [-0.05, 0) is 49.5 Å². The third-order valence-electron chi connectivity index (χ3n) is 5.54. The Kier molecular flexibility index (Phi) is 5.61. The molecule has 1 unspecified atom stereocenters. The summed E-state index contributed by atoms with van der Waals surface area (Å²) < 4.78 is 1.78. The minimum Gasteiger partial charge on any atom is -0.369 e. The molecule has 140 valence electrons. The Morgan fingerprint density at radius 2 is 2.15 bits per heavy atom. The lowest BCUT2D eigenvalue weighted by atomic mass is 9.81. The second-order valence-corrected chi connectivity index (χ2v) is 7.40. The number of hydrogen-bond acceptors (Lipinski definition) is 5. The standard InChI is InChI=1S/C20H30N6/c1-16(18-13-24-25(3)14-18)17(2)19(7-11-23-21)26-12-6-9-20(15-26)8-4-5-10-22-20/h7,11,13-14,22H,1-2,4-6,8-10,12,15,21H2,3H3/b19-7+,23-11-. The van der Waals surface area contributed by atoms with E-state index in [1.165, 1.54) is 25.7 Å². The number of aryl methyl sites for hydroxylation is 1. The molecule has 1 spiro atoms. The van der Waals surface area contributed by atoms with E-state index < -0.39 is 0 Å². The minimum absolute atomic E-state index is 0.214. The molecule has 0 saturated carbocycles. The molecule has 26 heavy (non-hydrogen) atoms. The van der Waals surface area contributed by atoms with Gasteiger partial charge in [0.25, 0.3) is 0 Å². The van der Waals surface area contributed by atoms with E-state index in [1.54, 1.807) is 10.9 Å². The molecule has 3 rings (SSSR count). The molecule has 0 aliphatic carbocycles. The third kappa shape index (κ3) is 3.90. The molecule has 1 aromatic rings. The van der Waals surface area contributed by atoms with E-state index in [2.05, 4.69) is 33.6 Å². The second kappa shape index (κ2) is 7.91. The van der Waals surface area contributed by atoms with Gasteiger partial charge < -0.3 is 16.1 Å². The molecule has 0 radical (unpaired) electrons. The van der Waals surface area contributed by atoms with Crippen LogP contribution in [0.1, 0.15) is 37.7 Å². The van der Waals surface area contributed by atoms with Gasteiger partial charge in [0, 0.05) is 49.3 Å². The lowest BCUT2D eigenvalue weighted by Crippen LogP contribution is -2.58. The number of rotatable bonds is 5. The van der Waals surface area contributed by atoms with E-state index >= 15 is 0 Å². The summed E-state index contributed by atoms with van der Waals surface area (Å²) in [4.78, 5) is 2.41. The van der Waals surface area contributed by atoms with Crippen molar-refractivity contribution in [1.82, 2.24) is 20.0 Å². The number of nitrogens with one attached hydrogen (secondary N) is 1. The van der Waals surface area contributed by atoms with Crippen LogP contribution in [0.15, 0.2) is 48.0 Å². The van der Waals surface area contributed by atoms with Crippen molar-refractivity contribution in [2.45, 2.75) is 37.6 Å². The molecule has 0 amide bonds. The van der Waals surface area contributed by atoms with E-state index in [0.717, 1.165) is 48.5 Å². The first-order valence-electron chi connectivity index (χ1n) is 9.36. The molecular formula is C20H30N6. The number of aromatic nitrogens is 2. The summed E-state index contributed by atoms with van der Waals surface area (Å²) in [6, 6.07) is 0. The van der Waals surface area contributed by atoms with E-state index in [-0.39, 0.29) is 5.54 Å². The van der Waals surface area contributed by atoms with E-state index in [9.17, 15) is 0 Å². The van der Waals surface area contributed by atoms with Crippen molar-refractivity contribution in [2.24, 2.45) is 18.0 Å². The van der Waals surface area contributed by atoms with Gasteiger partial charge >= 0.3 is 0 Å². The van der Waals surface area contributed by atoms with Crippen molar-refractivity contribution in [3.8, 4) is 0 Å². The van der Waals surface area contributed by atoms with E-state index in [0.29, 0.717) is 0 Å². The normalized spacial score (nSPS) is 24.3. The zero-order valence-electron chi connectivity index (χ0n) is 15.7. The topological polar surface area (TPSA) is 71.5 Å². The van der Waals surface area contributed by atoms with Gasteiger partial charge in [-0.2, -0.15) is 10.2 Å². The highest BCUT2D eigenvalue weighted by molar-refractivity contribution is 5.84. The zero-order chi connectivity index (χ0) is 18.6. The van der Waals surface area contributed by atoms with Gasteiger partial charge in [0.15, 0.2) is 0 Å². The molecule has 3 heterocycles. The quantitative estimate of drug-likeness (QED) is 0.369. The number of likely N-dealkylation sites (tertiary alicyclic amines) is 1. The van der Waals surface area contributed by atoms with Gasteiger partial charge in [-0.1, -0.05) is 19.6 Å². The van der Waals surface area contributed by atoms with Crippen LogP contribution < -0.4 is 11.2 Å². The predicted octanol–water partition coefficient (Wildman–Crippen LogP) is 2.43. The van der Waals surface area contributed by atoms with E-state index in [4.69, 9.17) is 5.84 Å². The fourth-order valence-corrected chi connectivity index (χ4v) is 4.13. The van der Waals surface area contributed by atoms with Crippen molar-refractivity contribution in [2.75, 3.05) is 19.6 Å². The molecule has 3 N–H and O–H groups in total. The summed E-state index contributed by atoms with van der Waals surface area (Å²) in [5.41, 5.74) is 4.01. The maximum Gasteiger partial charge on any atom is 0.0568 e. The summed E-state index contributed by atoms with van der Waals surface area (Å²) in [5.74, 6) is 5.36.